The first-order chi connectivity index (χ1) is 7.54. The predicted octanol–water partition coefficient (Wildman–Crippen LogP) is 0.603. The highest BCUT2D eigenvalue weighted by molar-refractivity contribution is 5.85. The average Bonchev–Trinajstić information content (AvgIpc) is 2.27. The Kier molecular flexibility index (Phi) is 7.15. The largest absolute Gasteiger partial charge is 0.467 e. The highest BCUT2D eigenvalue weighted by Gasteiger charge is 2.27. The average molecular weight is 265 g/mol. The zero-order valence-corrected chi connectivity index (χ0v) is 11.1. The lowest BCUT2D eigenvalue weighted by molar-refractivity contribution is -0.145. The van der Waals surface area contributed by atoms with E-state index in [2.05, 4.69) is 10.1 Å². The molecule has 0 bridgehead atoms. The molecule has 0 aromatic rings. The lowest BCUT2D eigenvalue weighted by Gasteiger charge is -2.26. The number of nitrogens with one attached hydrogen (secondary N) is 1. The van der Waals surface area contributed by atoms with Gasteiger partial charge in [0.15, 0.2) is 0 Å². The molecule has 1 fully saturated rings. The summed E-state index contributed by atoms with van der Waals surface area (Å²) < 4.78 is 4.54. The molecule has 0 heterocycles. The summed E-state index contributed by atoms with van der Waals surface area (Å²) >= 11 is 0. The third-order valence-corrected chi connectivity index (χ3v) is 3.00. The molecule has 1 saturated carbocycles. The minimum atomic E-state index is -0.587. The molecule has 1 amide bonds. The van der Waals surface area contributed by atoms with E-state index in [4.69, 9.17) is 5.73 Å². The second kappa shape index (κ2) is 7.50. The Morgan fingerprint density at radius 1 is 1.41 bits per heavy atom. The number of methoxy groups -OCH3 is 1. The van der Waals surface area contributed by atoms with Gasteiger partial charge in [-0.25, -0.2) is 4.79 Å². The molecule has 6 heteroatoms. The van der Waals surface area contributed by atoms with Crippen molar-refractivity contribution in [2.45, 2.75) is 44.7 Å². The van der Waals surface area contributed by atoms with Crippen LogP contribution in [0.5, 0.6) is 0 Å². The van der Waals surface area contributed by atoms with Gasteiger partial charge in [-0.1, -0.05) is 6.42 Å². The fourth-order valence-corrected chi connectivity index (χ4v) is 2.03. The van der Waals surface area contributed by atoms with Gasteiger partial charge >= 0.3 is 5.97 Å². The van der Waals surface area contributed by atoms with Gasteiger partial charge < -0.3 is 15.8 Å². The molecule has 3 unspecified atom stereocenters. The Labute approximate surface area is 108 Å². The molecule has 1 aliphatic carbocycles. The molecule has 0 saturated heterocycles. The third-order valence-electron chi connectivity index (χ3n) is 3.00. The van der Waals surface area contributed by atoms with Gasteiger partial charge in [-0.3, -0.25) is 4.79 Å². The number of nitrogens with two attached hydrogens (primary N) is 1. The Bertz CT molecular complexity index is 273. The quantitative estimate of drug-likeness (QED) is 0.732. The van der Waals surface area contributed by atoms with Crippen molar-refractivity contribution < 1.29 is 14.3 Å². The summed E-state index contributed by atoms with van der Waals surface area (Å²) in [4.78, 5) is 22.9. The van der Waals surface area contributed by atoms with Gasteiger partial charge in [0.2, 0.25) is 5.91 Å². The molecule has 17 heavy (non-hydrogen) atoms. The number of carbonyl (C=O) groups excluding carboxylic acids is 2. The maximum absolute atomic E-state index is 11.8. The molecule has 5 nitrogen and oxygen atoms in total. The van der Waals surface area contributed by atoms with Crippen LogP contribution in [0.2, 0.25) is 0 Å². The summed E-state index contributed by atoms with van der Waals surface area (Å²) in [5.74, 6) is -0.572. The molecule has 0 aliphatic heterocycles. The summed E-state index contributed by atoms with van der Waals surface area (Å²) in [6, 6.07) is -0.478. The molecule has 1 aliphatic rings. The molecular weight excluding hydrogens is 244 g/mol. The smallest absolute Gasteiger partial charge is 0.328 e. The van der Waals surface area contributed by atoms with Crippen molar-refractivity contribution in [3.05, 3.63) is 0 Å². The van der Waals surface area contributed by atoms with Crippen molar-refractivity contribution in [2.24, 2.45) is 11.7 Å². The Morgan fingerprint density at radius 3 is 2.59 bits per heavy atom. The molecule has 3 atom stereocenters. The van der Waals surface area contributed by atoms with Gasteiger partial charge in [0.05, 0.1) is 7.11 Å². The first kappa shape index (κ1) is 16.2. The number of hydrogen-bond acceptors (Lipinski definition) is 4. The van der Waals surface area contributed by atoms with E-state index in [1.165, 1.54) is 7.11 Å². The summed E-state index contributed by atoms with van der Waals surface area (Å²) in [5, 5.41) is 2.65. The van der Waals surface area contributed by atoms with Crippen molar-refractivity contribution in [2.75, 3.05) is 7.11 Å². The number of rotatable bonds is 3. The van der Waals surface area contributed by atoms with E-state index >= 15 is 0 Å². The van der Waals surface area contributed by atoms with Crippen LogP contribution >= 0.6 is 12.4 Å². The summed E-state index contributed by atoms with van der Waals surface area (Å²) in [5.41, 5.74) is 5.81. The molecule has 0 spiro atoms. The van der Waals surface area contributed by atoms with Gasteiger partial charge in [0, 0.05) is 12.0 Å². The van der Waals surface area contributed by atoms with Crippen LogP contribution in [0.4, 0.5) is 0 Å². The standard InChI is InChI=1S/C11H20N2O3.ClH/c1-7(11(15)16-2)13-10(14)8-4-3-5-9(12)6-8;/h7-9H,3-6,12H2,1-2H3,(H,13,14);1H. The van der Waals surface area contributed by atoms with E-state index in [0.29, 0.717) is 6.42 Å². The minimum absolute atomic E-state index is 0. The van der Waals surface area contributed by atoms with Gasteiger partial charge in [0.1, 0.15) is 6.04 Å². The van der Waals surface area contributed by atoms with Gasteiger partial charge in [0.25, 0.3) is 0 Å². The number of carbonyl (C=O) groups is 2. The van der Waals surface area contributed by atoms with Crippen molar-refractivity contribution in [3.63, 3.8) is 0 Å². The Morgan fingerprint density at radius 2 is 2.06 bits per heavy atom. The van der Waals surface area contributed by atoms with Crippen LogP contribution in [0.3, 0.4) is 0 Å². The fraction of sp³-hybridized carbons (Fsp3) is 0.818. The van der Waals surface area contributed by atoms with E-state index in [9.17, 15) is 9.59 Å². The van der Waals surface area contributed by atoms with Crippen LogP contribution in [0.1, 0.15) is 32.6 Å². The minimum Gasteiger partial charge on any atom is -0.467 e. The van der Waals surface area contributed by atoms with E-state index in [0.717, 1.165) is 19.3 Å². The van der Waals surface area contributed by atoms with Crippen molar-refractivity contribution >= 4 is 24.3 Å². The number of amides is 1. The summed E-state index contributed by atoms with van der Waals surface area (Å²) in [7, 11) is 1.31. The zero-order chi connectivity index (χ0) is 12.1. The molecule has 0 radical (unpaired) electrons. The van der Waals surface area contributed by atoms with Crippen molar-refractivity contribution in [1.29, 1.82) is 0 Å². The Balaban J connectivity index is 0.00000256. The highest BCUT2D eigenvalue weighted by Crippen LogP contribution is 2.23. The van der Waals surface area contributed by atoms with Crippen LogP contribution in [0, 0.1) is 5.92 Å². The summed E-state index contributed by atoms with van der Waals surface area (Å²) in [6.45, 7) is 1.62. The van der Waals surface area contributed by atoms with Crippen molar-refractivity contribution in [3.8, 4) is 0 Å². The molecular formula is C11H21ClN2O3. The van der Waals surface area contributed by atoms with E-state index in [-0.39, 0.29) is 30.3 Å². The highest BCUT2D eigenvalue weighted by atomic mass is 35.5. The van der Waals surface area contributed by atoms with E-state index in [1.807, 2.05) is 0 Å². The molecule has 3 N–H and O–H groups in total. The van der Waals surface area contributed by atoms with Crippen LogP contribution in [0.15, 0.2) is 0 Å². The first-order valence-corrected chi connectivity index (χ1v) is 5.68. The fourth-order valence-electron chi connectivity index (χ4n) is 2.03. The van der Waals surface area contributed by atoms with Crippen LogP contribution in [-0.4, -0.2) is 31.1 Å². The lowest BCUT2D eigenvalue weighted by atomic mass is 9.85. The van der Waals surface area contributed by atoms with Crippen LogP contribution < -0.4 is 11.1 Å². The lowest BCUT2D eigenvalue weighted by Crippen LogP contribution is -2.44. The number of esters is 1. The maximum Gasteiger partial charge on any atom is 0.328 e. The number of ether oxygens (including phenoxy) is 1. The molecule has 100 valence electrons. The number of halogens is 1. The monoisotopic (exact) mass is 264 g/mol. The van der Waals surface area contributed by atoms with Crippen LogP contribution in [-0.2, 0) is 14.3 Å². The normalized spacial score (nSPS) is 25.4. The van der Waals surface area contributed by atoms with Crippen molar-refractivity contribution in [1.82, 2.24) is 5.32 Å². The second-order valence-corrected chi connectivity index (χ2v) is 4.38. The topological polar surface area (TPSA) is 81.4 Å². The molecule has 0 aromatic carbocycles. The Hall–Kier alpha value is -0.810. The van der Waals surface area contributed by atoms with Crippen LogP contribution in [0.25, 0.3) is 0 Å². The van der Waals surface area contributed by atoms with E-state index in [1.54, 1.807) is 6.92 Å². The predicted molar refractivity (Wildman–Crippen MR) is 66.8 cm³/mol. The molecule has 0 aromatic heterocycles. The van der Waals surface area contributed by atoms with Gasteiger partial charge in [-0.15, -0.1) is 12.4 Å². The van der Waals surface area contributed by atoms with Gasteiger partial charge in [-0.05, 0) is 26.2 Å². The maximum atomic E-state index is 11.8. The SMILES string of the molecule is COC(=O)C(C)NC(=O)C1CCCC(N)C1.Cl. The number of hydrogen-bond donors (Lipinski definition) is 2. The molecule has 1 rings (SSSR count). The summed E-state index contributed by atoms with van der Waals surface area (Å²) in [6.07, 6.45) is 3.52. The first-order valence-electron chi connectivity index (χ1n) is 5.68. The third kappa shape index (κ3) is 4.91. The zero-order valence-electron chi connectivity index (χ0n) is 10.3. The second-order valence-electron chi connectivity index (χ2n) is 4.38. The van der Waals surface area contributed by atoms with E-state index < -0.39 is 12.0 Å². The van der Waals surface area contributed by atoms with Gasteiger partial charge in [-0.2, -0.15) is 0 Å².